The molecule has 0 bridgehead atoms. The zero-order chi connectivity index (χ0) is 18.0. The Morgan fingerprint density at radius 3 is 2.29 bits per heavy atom. The SMILES string of the molecule is COc1ccc(Br)c(C(=O)N[C@@](C)(c2ccccc2)C(F)(F)F)c1. The number of carbonyl (C=O) groups excluding carboxylic acids is 1. The van der Waals surface area contributed by atoms with Gasteiger partial charge in [0.1, 0.15) is 5.75 Å². The molecule has 2 aromatic carbocycles. The van der Waals surface area contributed by atoms with Gasteiger partial charge in [-0.15, -0.1) is 0 Å². The van der Waals surface area contributed by atoms with Crippen LogP contribution in [0.4, 0.5) is 13.2 Å². The highest BCUT2D eigenvalue weighted by Gasteiger charge is 2.53. The molecule has 0 unspecified atom stereocenters. The number of carbonyl (C=O) groups is 1. The Bertz CT molecular complexity index is 734. The van der Waals surface area contributed by atoms with Gasteiger partial charge in [-0.3, -0.25) is 4.79 Å². The summed E-state index contributed by atoms with van der Waals surface area (Å²) in [6.45, 7) is 0.939. The average molecular weight is 402 g/mol. The molecule has 0 aromatic heterocycles. The van der Waals surface area contributed by atoms with Crippen LogP contribution in [-0.2, 0) is 5.54 Å². The van der Waals surface area contributed by atoms with E-state index < -0.39 is 17.6 Å². The second-order valence-corrected chi connectivity index (χ2v) is 6.14. The van der Waals surface area contributed by atoms with Gasteiger partial charge < -0.3 is 10.1 Å². The molecule has 3 nitrogen and oxygen atoms in total. The fraction of sp³-hybridized carbons (Fsp3) is 0.235. The van der Waals surface area contributed by atoms with Gasteiger partial charge in [0.05, 0.1) is 12.7 Å². The molecule has 7 heteroatoms. The summed E-state index contributed by atoms with van der Waals surface area (Å²) in [4.78, 5) is 12.5. The molecule has 0 saturated carbocycles. The third-order valence-electron chi connectivity index (χ3n) is 3.70. The molecular weight excluding hydrogens is 387 g/mol. The fourth-order valence-corrected chi connectivity index (χ4v) is 2.60. The smallest absolute Gasteiger partial charge is 0.415 e. The van der Waals surface area contributed by atoms with Crippen LogP contribution in [0.2, 0.25) is 0 Å². The van der Waals surface area contributed by atoms with Gasteiger partial charge in [0.15, 0.2) is 5.54 Å². The van der Waals surface area contributed by atoms with E-state index in [0.29, 0.717) is 10.2 Å². The fourth-order valence-electron chi connectivity index (χ4n) is 2.18. The Kier molecular flexibility index (Phi) is 5.22. The van der Waals surface area contributed by atoms with Crippen molar-refractivity contribution < 1.29 is 22.7 Å². The normalized spacial score (nSPS) is 13.9. The van der Waals surface area contributed by atoms with Gasteiger partial charge in [0.25, 0.3) is 5.91 Å². The average Bonchev–Trinajstić information content (AvgIpc) is 2.54. The molecule has 0 aliphatic rings. The number of halogens is 4. The van der Waals surface area contributed by atoms with Gasteiger partial charge in [0, 0.05) is 4.47 Å². The first kappa shape index (κ1) is 18.3. The zero-order valence-corrected chi connectivity index (χ0v) is 14.5. The monoisotopic (exact) mass is 401 g/mol. The molecule has 128 valence electrons. The van der Waals surface area contributed by atoms with Crippen LogP contribution in [0.5, 0.6) is 5.75 Å². The quantitative estimate of drug-likeness (QED) is 0.808. The first-order valence-electron chi connectivity index (χ1n) is 6.97. The maximum atomic E-state index is 13.7. The van der Waals surface area contributed by atoms with Crippen LogP contribution in [0, 0.1) is 0 Å². The summed E-state index contributed by atoms with van der Waals surface area (Å²) in [7, 11) is 1.41. The molecule has 0 aliphatic heterocycles. The molecule has 24 heavy (non-hydrogen) atoms. The number of amides is 1. The Labute approximate surface area is 146 Å². The van der Waals surface area contributed by atoms with Crippen molar-refractivity contribution in [3.05, 3.63) is 64.1 Å². The van der Waals surface area contributed by atoms with E-state index in [0.717, 1.165) is 6.92 Å². The van der Waals surface area contributed by atoms with Crippen LogP contribution >= 0.6 is 15.9 Å². The van der Waals surface area contributed by atoms with Crippen molar-refractivity contribution in [1.82, 2.24) is 5.32 Å². The minimum atomic E-state index is -4.67. The third kappa shape index (κ3) is 3.56. The lowest BCUT2D eigenvalue weighted by atomic mass is 9.90. The number of ether oxygens (including phenoxy) is 1. The molecule has 0 fully saturated rings. The minimum absolute atomic E-state index is 0.0510. The number of methoxy groups -OCH3 is 1. The van der Waals surface area contributed by atoms with E-state index in [1.54, 1.807) is 18.2 Å². The number of rotatable bonds is 4. The van der Waals surface area contributed by atoms with Crippen molar-refractivity contribution in [2.24, 2.45) is 0 Å². The number of alkyl halides is 3. The Morgan fingerprint density at radius 2 is 1.75 bits per heavy atom. The second kappa shape index (κ2) is 6.84. The van der Waals surface area contributed by atoms with E-state index in [4.69, 9.17) is 4.74 Å². The van der Waals surface area contributed by atoms with Crippen LogP contribution in [0.25, 0.3) is 0 Å². The van der Waals surface area contributed by atoms with Crippen molar-refractivity contribution >= 4 is 21.8 Å². The van der Waals surface area contributed by atoms with Crippen molar-refractivity contribution in [2.45, 2.75) is 18.6 Å². The molecule has 0 aliphatic carbocycles. The molecule has 0 heterocycles. The maximum absolute atomic E-state index is 13.7. The lowest BCUT2D eigenvalue weighted by molar-refractivity contribution is -0.192. The molecule has 1 N–H and O–H groups in total. The van der Waals surface area contributed by atoms with Crippen molar-refractivity contribution in [3.63, 3.8) is 0 Å². The third-order valence-corrected chi connectivity index (χ3v) is 4.39. The molecule has 0 saturated heterocycles. The van der Waals surface area contributed by atoms with Crippen molar-refractivity contribution in [3.8, 4) is 5.75 Å². The molecule has 1 atom stereocenters. The summed E-state index contributed by atoms with van der Waals surface area (Å²) in [6.07, 6.45) is -4.67. The minimum Gasteiger partial charge on any atom is -0.497 e. The number of hydrogen-bond donors (Lipinski definition) is 1. The Balaban J connectivity index is 2.43. The summed E-state index contributed by atoms with van der Waals surface area (Å²) in [6, 6.07) is 11.8. The van der Waals surface area contributed by atoms with E-state index in [9.17, 15) is 18.0 Å². The van der Waals surface area contributed by atoms with Crippen molar-refractivity contribution in [2.75, 3.05) is 7.11 Å². The molecule has 0 spiro atoms. The van der Waals surface area contributed by atoms with E-state index in [-0.39, 0.29) is 11.1 Å². The first-order chi connectivity index (χ1) is 11.2. The van der Waals surface area contributed by atoms with Gasteiger partial charge >= 0.3 is 6.18 Å². The second-order valence-electron chi connectivity index (χ2n) is 5.29. The van der Waals surface area contributed by atoms with Crippen LogP contribution in [0.15, 0.2) is 53.0 Å². The van der Waals surface area contributed by atoms with E-state index in [1.165, 1.54) is 37.4 Å². The summed E-state index contributed by atoms with van der Waals surface area (Å²) < 4.78 is 46.4. The van der Waals surface area contributed by atoms with Crippen LogP contribution in [0.3, 0.4) is 0 Å². The maximum Gasteiger partial charge on any atom is 0.415 e. The van der Waals surface area contributed by atoms with E-state index in [1.807, 2.05) is 0 Å². The van der Waals surface area contributed by atoms with E-state index >= 15 is 0 Å². The lowest BCUT2D eigenvalue weighted by Gasteiger charge is -2.33. The van der Waals surface area contributed by atoms with Gasteiger partial charge in [-0.05, 0) is 46.6 Å². The van der Waals surface area contributed by atoms with Gasteiger partial charge in [-0.1, -0.05) is 30.3 Å². The summed E-state index contributed by atoms with van der Waals surface area (Å²) in [5.74, 6) is -0.485. The van der Waals surface area contributed by atoms with E-state index in [2.05, 4.69) is 21.2 Å². The van der Waals surface area contributed by atoms with Gasteiger partial charge in [-0.25, -0.2) is 0 Å². The van der Waals surface area contributed by atoms with Crippen LogP contribution in [-0.4, -0.2) is 19.2 Å². The molecule has 1 amide bonds. The topological polar surface area (TPSA) is 38.3 Å². The molecule has 2 aromatic rings. The Hall–Kier alpha value is -2.02. The van der Waals surface area contributed by atoms with Crippen LogP contribution < -0.4 is 10.1 Å². The highest BCUT2D eigenvalue weighted by Crippen LogP contribution is 2.39. The lowest BCUT2D eigenvalue weighted by Crippen LogP contribution is -2.54. The number of nitrogens with one attached hydrogen (secondary N) is 1. The molecule has 0 radical (unpaired) electrons. The molecular formula is C17H15BrF3NO2. The van der Waals surface area contributed by atoms with Crippen LogP contribution in [0.1, 0.15) is 22.8 Å². The standard InChI is InChI=1S/C17H15BrF3NO2/c1-16(17(19,20)21,11-6-4-3-5-7-11)22-15(23)13-10-12(24-2)8-9-14(13)18/h3-10H,1-2H3,(H,22,23)/t16-/m0/s1. The summed E-state index contributed by atoms with van der Waals surface area (Å²) in [5.41, 5.74) is -2.51. The highest BCUT2D eigenvalue weighted by molar-refractivity contribution is 9.10. The summed E-state index contributed by atoms with van der Waals surface area (Å²) in [5, 5.41) is 2.11. The number of hydrogen-bond acceptors (Lipinski definition) is 2. The first-order valence-corrected chi connectivity index (χ1v) is 7.76. The summed E-state index contributed by atoms with van der Waals surface area (Å²) >= 11 is 3.18. The molecule has 2 rings (SSSR count). The van der Waals surface area contributed by atoms with Crippen molar-refractivity contribution in [1.29, 1.82) is 0 Å². The van der Waals surface area contributed by atoms with Gasteiger partial charge in [-0.2, -0.15) is 13.2 Å². The predicted octanol–water partition coefficient (Wildman–Crippen LogP) is 4.67. The Morgan fingerprint density at radius 1 is 1.12 bits per heavy atom. The van der Waals surface area contributed by atoms with Gasteiger partial charge in [0.2, 0.25) is 0 Å². The number of benzene rings is 2. The highest BCUT2D eigenvalue weighted by atomic mass is 79.9. The predicted molar refractivity (Wildman–Crippen MR) is 88.0 cm³/mol. The largest absolute Gasteiger partial charge is 0.497 e. The zero-order valence-electron chi connectivity index (χ0n) is 12.9.